The number of unbranched alkanes of at least 4 members (excludes halogenated alkanes) is 7. The summed E-state index contributed by atoms with van der Waals surface area (Å²) in [6, 6.07) is 0. The molecule has 0 N–H and O–H groups in total. The van der Waals surface area contributed by atoms with Gasteiger partial charge in [0, 0.05) is 40.8 Å². The van der Waals surface area contributed by atoms with E-state index in [1.54, 1.807) is 0 Å². The van der Waals surface area contributed by atoms with Crippen LogP contribution in [-0.4, -0.2) is 18.4 Å². The first-order valence-corrected chi connectivity index (χ1v) is 14.1. The van der Waals surface area contributed by atoms with E-state index in [4.69, 9.17) is 9.05 Å². The largest absolute Gasteiger partial charge is 0.331 e. The van der Waals surface area contributed by atoms with Crippen molar-refractivity contribution in [3.05, 3.63) is 0 Å². The minimum Gasteiger partial charge on any atom is -0.306 e. The van der Waals surface area contributed by atoms with Gasteiger partial charge in [-0.3, -0.25) is 4.57 Å². The van der Waals surface area contributed by atoms with E-state index in [2.05, 4.69) is 41.5 Å². The molecule has 174 valence electrons. The van der Waals surface area contributed by atoms with Gasteiger partial charge >= 0.3 is 7.60 Å². The molecule has 0 amide bonds. The summed E-state index contributed by atoms with van der Waals surface area (Å²) in [7, 11) is -3.06. The van der Waals surface area contributed by atoms with Gasteiger partial charge in [-0.15, -0.1) is 0 Å². The standard InChI is InChI=1S/C24H51O3P.Nd/c1-7-11-14-16-18-22(5)26-28(25,21-24(10-4)20-13-9-3)27-23(6)19-17-15-12-8-2;/h22-24H,7-21H2,1-6H3;. The van der Waals surface area contributed by atoms with Crippen LogP contribution in [0.4, 0.5) is 0 Å². The molecule has 0 aliphatic carbocycles. The van der Waals surface area contributed by atoms with Crippen molar-refractivity contribution in [3.63, 3.8) is 0 Å². The van der Waals surface area contributed by atoms with Crippen molar-refractivity contribution in [2.75, 3.05) is 6.16 Å². The Morgan fingerprint density at radius 3 is 1.48 bits per heavy atom. The minimum absolute atomic E-state index is 0. The Morgan fingerprint density at radius 1 is 0.655 bits per heavy atom. The van der Waals surface area contributed by atoms with Crippen molar-refractivity contribution in [2.24, 2.45) is 5.92 Å². The number of hydrogen-bond acceptors (Lipinski definition) is 3. The first-order valence-electron chi connectivity index (χ1n) is 12.4. The van der Waals surface area contributed by atoms with Gasteiger partial charge in [0.1, 0.15) is 0 Å². The van der Waals surface area contributed by atoms with Crippen molar-refractivity contribution in [2.45, 2.75) is 144 Å². The maximum atomic E-state index is 13.7. The van der Waals surface area contributed by atoms with E-state index in [9.17, 15) is 4.57 Å². The van der Waals surface area contributed by atoms with Gasteiger partial charge in [-0.25, -0.2) is 0 Å². The molecule has 0 spiro atoms. The van der Waals surface area contributed by atoms with Gasteiger partial charge in [0.05, 0.1) is 18.4 Å². The third-order valence-electron chi connectivity index (χ3n) is 5.63. The van der Waals surface area contributed by atoms with Crippen LogP contribution in [0, 0.1) is 46.8 Å². The quantitative estimate of drug-likeness (QED) is 0.110. The van der Waals surface area contributed by atoms with Gasteiger partial charge < -0.3 is 9.05 Å². The molecule has 0 heterocycles. The molecule has 0 aromatic heterocycles. The molecule has 0 aromatic rings. The van der Waals surface area contributed by atoms with E-state index in [1.165, 1.54) is 51.4 Å². The average molecular weight is 563 g/mol. The third-order valence-corrected chi connectivity index (χ3v) is 7.96. The van der Waals surface area contributed by atoms with Gasteiger partial charge in [0.2, 0.25) is 0 Å². The van der Waals surface area contributed by atoms with Crippen LogP contribution in [0.25, 0.3) is 0 Å². The van der Waals surface area contributed by atoms with Crippen LogP contribution in [0.3, 0.4) is 0 Å². The first kappa shape index (κ1) is 32.7. The molecule has 3 nitrogen and oxygen atoms in total. The first-order chi connectivity index (χ1) is 13.4. The van der Waals surface area contributed by atoms with Gasteiger partial charge in [-0.2, -0.15) is 0 Å². The van der Waals surface area contributed by atoms with Gasteiger partial charge in [-0.05, 0) is 39.0 Å². The molecule has 0 bridgehead atoms. The Balaban J connectivity index is 0. The van der Waals surface area contributed by atoms with Crippen LogP contribution >= 0.6 is 7.60 Å². The van der Waals surface area contributed by atoms with Crippen molar-refractivity contribution >= 4 is 7.60 Å². The SMILES string of the molecule is CCCCCCC(C)OP(=O)(CC(CC)CCCC)OC(C)CCCCCC.[Nd]. The number of hydrogen-bond donors (Lipinski definition) is 0. The van der Waals surface area contributed by atoms with Crippen LogP contribution in [-0.2, 0) is 13.6 Å². The van der Waals surface area contributed by atoms with Crippen molar-refractivity contribution in [1.82, 2.24) is 0 Å². The third kappa shape index (κ3) is 18.7. The molecule has 0 aliphatic rings. The van der Waals surface area contributed by atoms with E-state index in [0.29, 0.717) is 12.1 Å². The second-order valence-electron chi connectivity index (χ2n) is 8.74. The fourth-order valence-corrected chi connectivity index (χ4v) is 6.32. The molecule has 0 saturated heterocycles. The van der Waals surface area contributed by atoms with Crippen molar-refractivity contribution in [3.8, 4) is 0 Å². The van der Waals surface area contributed by atoms with Crippen molar-refractivity contribution < 1.29 is 54.5 Å². The van der Waals surface area contributed by atoms with Gasteiger partial charge in [-0.1, -0.05) is 98.3 Å². The Labute approximate surface area is 216 Å². The molecule has 0 rings (SSSR count). The summed E-state index contributed by atoms with van der Waals surface area (Å²) >= 11 is 0. The average Bonchev–Trinajstić information content (AvgIpc) is 2.65. The van der Waals surface area contributed by atoms with Crippen LogP contribution in [0.15, 0.2) is 0 Å². The van der Waals surface area contributed by atoms with Crippen LogP contribution in [0.2, 0.25) is 0 Å². The summed E-state index contributed by atoms with van der Waals surface area (Å²) in [5.41, 5.74) is 0. The summed E-state index contributed by atoms with van der Waals surface area (Å²) in [5.74, 6) is 0.436. The maximum Gasteiger partial charge on any atom is 0.331 e. The van der Waals surface area contributed by atoms with E-state index >= 15 is 0 Å². The Hall–Kier alpha value is 1.50. The fourth-order valence-electron chi connectivity index (χ4n) is 3.72. The van der Waals surface area contributed by atoms with Gasteiger partial charge in [0.15, 0.2) is 0 Å². The Bertz CT molecular complexity index is 368. The molecule has 3 unspecified atom stereocenters. The molecular formula is C24H51NdO3P. The summed E-state index contributed by atoms with van der Waals surface area (Å²) in [5, 5.41) is 0. The molecule has 0 aliphatic heterocycles. The van der Waals surface area contributed by atoms with Crippen molar-refractivity contribution in [1.29, 1.82) is 0 Å². The molecular weight excluding hydrogens is 511 g/mol. The summed E-state index contributed by atoms with van der Waals surface area (Å²) in [6.45, 7) is 13.0. The maximum absolute atomic E-state index is 13.7. The molecule has 3 atom stereocenters. The summed E-state index contributed by atoms with van der Waals surface area (Å²) in [6.07, 6.45) is 16.9. The second-order valence-corrected chi connectivity index (χ2v) is 10.7. The fraction of sp³-hybridized carbons (Fsp3) is 1.00. The van der Waals surface area contributed by atoms with Crippen LogP contribution < -0.4 is 0 Å². The Morgan fingerprint density at radius 2 is 1.10 bits per heavy atom. The van der Waals surface area contributed by atoms with E-state index in [0.717, 1.165) is 38.5 Å². The molecule has 0 saturated carbocycles. The predicted octanol–water partition coefficient (Wildman–Crippen LogP) is 9.15. The predicted molar refractivity (Wildman–Crippen MR) is 124 cm³/mol. The molecule has 0 fully saturated rings. The Kier molecular flexibility index (Phi) is 24.1. The molecule has 5 heteroatoms. The minimum atomic E-state index is -3.06. The van der Waals surface area contributed by atoms with Crippen LogP contribution in [0.5, 0.6) is 0 Å². The second kappa shape index (κ2) is 21.4. The monoisotopic (exact) mass is 560 g/mol. The zero-order valence-electron chi connectivity index (χ0n) is 20.5. The zero-order valence-corrected chi connectivity index (χ0v) is 24.6. The normalized spacial score (nSPS) is 16.6. The smallest absolute Gasteiger partial charge is 0.306 e. The molecule has 0 radical (unpaired) electrons. The van der Waals surface area contributed by atoms with E-state index in [-0.39, 0.29) is 53.0 Å². The zero-order chi connectivity index (χ0) is 21.3. The van der Waals surface area contributed by atoms with E-state index < -0.39 is 7.60 Å². The van der Waals surface area contributed by atoms with Gasteiger partial charge in [0.25, 0.3) is 0 Å². The molecule has 0 aromatic carbocycles. The molecule has 29 heavy (non-hydrogen) atoms. The number of rotatable bonds is 20. The van der Waals surface area contributed by atoms with Crippen LogP contribution in [0.1, 0.15) is 131 Å². The van der Waals surface area contributed by atoms with E-state index in [1.807, 2.05) is 0 Å². The summed E-state index contributed by atoms with van der Waals surface area (Å²) in [4.78, 5) is 0. The topological polar surface area (TPSA) is 35.5 Å². The summed E-state index contributed by atoms with van der Waals surface area (Å²) < 4.78 is 26.0.